The van der Waals surface area contributed by atoms with Crippen molar-refractivity contribution in [2.75, 3.05) is 51.5 Å². The number of ether oxygens (including phenoxy) is 4. The van der Waals surface area contributed by atoms with E-state index in [1.807, 2.05) is 26.0 Å². The molecule has 4 rings (SSSR count). The van der Waals surface area contributed by atoms with Gasteiger partial charge in [0.05, 0.1) is 43.9 Å². The predicted octanol–water partition coefficient (Wildman–Crippen LogP) is 4.82. The molecule has 2 aromatic carbocycles. The van der Waals surface area contributed by atoms with Crippen LogP contribution in [0.4, 0.5) is 16.2 Å². The molecule has 0 aliphatic carbocycles. The number of nitrogens with two attached hydrogens (primary N) is 1. The van der Waals surface area contributed by atoms with Crippen molar-refractivity contribution in [1.29, 1.82) is 0 Å². The molecule has 2 heterocycles. The second-order valence-corrected chi connectivity index (χ2v) is 10.6. The minimum Gasteiger partial charge on any atom is -0.496 e. The number of rotatable bonds is 13. The second-order valence-electron chi connectivity index (χ2n) is 10.6. The first kappa shape index (κ1) is 31.1. The quantitative estimate of drug-likeness (QED) is 0.204. The lowest BCUT2D eigenvalue weighted by atomic mass is 9.92. The number of morpholine rings is 1. The molecule has 2 aliphatic heterocycles. The van der Waals surface area contributed by atoms with Crippen LogP contribution in [0.25, 0.3) is 0 Å². The van der Waals surface area contributed by atoms with Gasteiger partial charge in [0.25, 0.3) is 0 Å². The lowest BCUT2D eigenvalue weighted by Gasteiger charge is -2.27. The third kappa shape index (κ3) is 7.49. The van der Waals surface area contributed by atoms with Crippen molar-refractivity contribution in [2.24, 2.45) is 5.73 Å². The fourth-order valence-electron chi connectivity index (χ4n) is 5.42. The van der Waals surface area contributed by atoms with Gasteiger partial charge < -0.3 is 24.7 Å². The summed E-state index contributed by atoms with van der Waals surface area (Å²) in [5.41, 5.74) is 10.1. The average molecular weight is 580 g/mol. The molecule has 10 nitrogen and oxygen atoms in total. The van der Waals surface area contributed by atoms with E-state index in [4.69, 9.17) is 24.7 Å². The largest absolute Gasteiger partial charge is 0.496 e. The minimum atomic E-state index is -0.733. The number of cyclic esters (lactones) is 1. The zero-order valence-electron chi connectivity index (χ0n) is 24.8. The van der Waals surface area contributed by atoms with Crippen molar-refractivity contribution in [3.05, 3.63) is 64.2 Å². The summed E-state index contributed by atoms with van der Waals surface area (Å²) in [4.78, 5) is 41.9. The predicted molar refractivity (Wildman–Crippen MR) is 159 cm³/mol. The number of unbranched alkanes of at least 4 members (excludes halogenated alkanes) is 1. The Morgan fingerprint density at radius 1 is 1.12 bits per heavy atom. The van der Waals surface area contributed by atoms with Crippen molar-refractivity contribution in [3.8, 4) is 5.75 Å². The van der Waals surface area contributed by atoms with Gasteiger partial charge in [-0.05, 0) is 63.8 Å². The van der Waals surface area contributed by atoms with E-state index in [9.17, 15) is 14.4 Å². The minimum absolute atomic E-state index is 0.0925. The SMILES string of the molecule is COc1c(C)c2c(c(N(C(N)=O)c3ccccc3)c1C/C=C(\C)CCC(=O)OCCCCN1CCOCC1)C(=O)OC2. The van der Waals surface area contributed by atoms with Crippen LogP contribution in [-0.4, -0.2) is 69.4 Å². The molecule has 2 amide bonds. The maximum absolute atomic E-state index is 13.0. The van der Waals surface area contributed by atoms with Gasteiger partial charge in [-0.1, -0.05) is 29.8 Å². The molecule has 0 unspecified atom stereocenters. The smallest absolute Gasteiger partial charge is 0.341 e. The summed E-state index contributed by atoms with van der Waals surface area (Å²) in [6.07, 6.45) is 4.93. The number of methoxy groups -OCH3 is 1. The third-order valence-corrected chi connectivity index (χ3v) is 7.72. The molecule has 1 fully saturated rings. The standard InChI is InChI=1S/C32H41N3O7/c1-22(12-14-27(36)41-18-8-7-15-34-16-19-40-20-17-34)11-13-25-29(35(32(33)38)24-9-5-4-6-10-24)28-26(21-42-31(28)37)23(2)30(25)39-3/h4-6,9-11H,7-8,12-21H2,1-3H3,(H2,33,38)/b22-11+. The number of fused-ring (bicyclic) bond motifs is 1. The molecular formula is C32H41N3O7. The lowest BCUT2D eigenvalue weighted by molar-refractivity contribution is -0.143. The van der Waals surface area contributed by atoms with Crippen LogP contribution in [0.2, 0.25) is 0 Å². The number of anilines is 2. The van der Waals surface area contributed by atoms with Gasteiger partial charge in [0.1, 0.15) is 12.4 Å². The van der Waals surface area contributed by atoms with E-state index in [2.05, 4.69) is 4.90 Å². The van der Waals surface area contributed by atoms with Gasteiger partial charge in [0.2, 0.25) is 0 Å². The van der Waals surface area contributed by atoms with E-state index in [1.165, 1.54) is 4.90 Å². The number of hydrogen-bond donors (Lipinski definition) is 1. The molecule has 0 spiro atoms. The Balaban J connectivity index is 1.46. The number of para-hydroxylation sites is 1. The number of urea groups is 1. The van der Waals surface area contributed by atoms with Crippen LogP contribution in [0.5, 0.6) is 5.75 Å². The van der Waals surface area contributed by atoms with Gasteiger partial charge in [-0.15, -0.1) is 0 Å². The van der Waals surface area contributed by atoms with Crippen molar-refractivity contribution < 1.29 is 33.3 Å². The number of benzene rings is 2. The molecule has 42 heavy (non-hydrogen) atoms. The zero-order valence-corrected chi connectivity index (χ0v) is 24.8. The van der Waals surface area contributed by atoms with Crippen LogP contribution in [0, 0.1) is 6.92 Å². The number of esters is 2. The molecule has 0 bridgehead atoms. The highest BCUT2D eigenvalue weighted by atomic mass is 16.5. The summed E-state index contributed by atoms with van der Waals surface area (Å²) in [5.74, 6) is -0.181. The Hall–Kier alpha value is -3.89. The van der Waals surface area contributed by atoms with Crippen LogP contribution >= 0.6 is 0 Å². The van der Waals surface area contributed by atoms with Gasteiger partial charge >= 0.3 is 18.0 Å². The number of hydrogen-bond acceptors (Lipinski definition) is 8. The zero-order chi connectivity index (χ0) is 30.1. The molecule has 0 aromatic heterocycles. The van der Waals surface area contributed by atoms with Crippen LogP contribution in [0.15, 0.2) is 42.0 Å². The van der Waals surface area contributed by atoms with Gasteiger partial charge in [-0.2, -0.15) is 0 Å². The van der Waals surface area contributed by atoms with Gasteiger partial charge in [0.15, 0.2) is 0 Å². The van der Waals surface area contributed by atoms with E-state index >= 15 is 0 Å². The third-order valence-electron chi connectivity index (χ3n) is 7.72. The van der Waals surface area contributed by atoms with Crippen LogP contribution in [0.1, 0.15) is 59.7 Å². The average Bonchev–Trinajstić information content (AvgIpc) is 3.38. The molecule has 1 saturated heterocycles. The second kappa shape index (κ2) is 14.8. The summed E-state index contributed by atoms with van der Waals surface area (Å²) < 4.78 is 22.0. The summed E-state index contributed by atoms with van der Waals surface area (Å²) in [6, 6.07) is 8.19. The first-order valence-corrected chi connectivity index (χ1v) is 14.5. The Bertz CT molecular complexity index is 1300. The van der Waals surface area contributed by atoms with Crippen molar-refractivity contribution in [2.45, 2.75) is 52.6 Å². The van der Waals surface area contributed by atoms with Gasteiger partial charge in [-0.25, -0.2) is 9.59 Å². The molecule has 2 aromatic rings. The van der Waals surface area contributed by atoms with E-state index in [0.29, 0.717) is 53.3 Å². The molecule has 0 atom stereocenters. The fraction of sp³-hybridized carbons (Fsp3) is 0.469. The number of amides is 2. The van der Waals surface area contributed by atoms with E-state index < -0.39 is 12.0 Å². The highest BCUT2D eigenvalue weighted by Gasteiger charge is 2.36. The molecule has 2 N–H and O–H groups in total. The molecule has 10 heteroatoms. The normalized spacial score (nSPS) is 15.2. The van der Waals surface area contributed by atoms with Crippen molar-refractivity contribution in [3.63, 3.8) is 0 Å². The van der Waals surface area contributed by atoms with Gasteiger partial charge in [0, 0.05) is 30.6 Å². The Kier molecular flexibility index (Phi) is 11.0. The van der Waals surface area contributed by atoms with Crippen LogP contribution < -0.4 is 15.4 Å². The van der Waals surface area contributed by atoms with Crippen molar-refractivity contribution in [1.82, 2.24) is 4.90 Å². The molecule has 226 valence electrons. The number of carbonyl (C=O) groups is 3. The monoisotopic (exact) mass is 579 g/mol. The molecular weight excluding hydrogens is 538 g/mol. The first-order chi connectivity index (χ1) is 20.3. The van der Waals surface area contributed by atoms with Crippen LogP contribution in [0.3, 0.4) is 0 Å². The summed E-state index contributed by atoms with van der Waals surface area (Å²) in [5, 5.41) is 0. The highest BCUT2D eigenvalue weighted by molar-refractivity contribution is 6.09. The summed E-state index contributed by atoms with van der Waals surface area (Å²) in [7, 11) is 1.56. The van der Waals surface area contributed by atoms with Crippen LogP contribution in [-0.2, 0) is 32.0 Å². The fourth-order valence-corrected chi connectivity index (χ4v) is 5.42. The highest BCUT2D eigenvalue weighted by Crippen LogP contribution is 2.45. The maximum Gasteiger partial charge on any atom is 0.341 e. The number of allylic oxidation sites excluding steroid dienone is 2. The lowest BCUT2D eigenvalue weighted by Crippen LogP contribution is -2.36. The molecule has 0 radical (unpaired) electrons. The Labute approximate surface area is 247 Å². The van der Waals surface area contributed by atoms with E-state index in [0.717, 1.165) is 56.8 Å². The molecule has 2 aliphatic rings. The van der Waals surface area contributed by atoms with E-state index in [-0.39, 0.29) is 19.0 Å². The first-order valence-electron chi connectivity index (χ1n) is 14.5. The van der Waals surface area contributed by atoms with Crippen molar-refractivity contribution >= 4 is 29.3 Å². The summed E-state index contributed by atoms with van der Waals surface area (Å²) in [6.45, 7) is 8.80. The Morgan fingerprint density at radius 2 is 1.86 bits per heavy atom. The number of carbonyl (C=O) groups excluding carboxylic acids is 3. The Morgan fingerprint density at radius 3 is 2.55 bits per heavy atom. The van der Waals surface area contributed by atoms with E-state index in [1.54, 1.807) is 31.4 Å². The number of nitrogens with zero attached hydrogens (tertiary/aromatic N) is 2. The number of primary amides is 1. The summed E-state index contributed by atoms with van der Waals surface area (Å²) >= 11 is 0. The maximum atomic E-state index is 13.0. The molecule has 0 saturated carbocycles. The van der Waals surface area contributed by atoms with Gasteiger partial charge in [-0.3, -0.25) is 14.6 Å². The topological polar surface area (TPSA) is 121 Å².